The lowest BCUT2D eigenvalue weighted by Gasteiger charge is -2.30. The molecule has 0 amide bonds. The van der Waals surface area contributed by atoms with Crippen LogP contribution in [0.1, 0.15) is 36.6 Å². The Morgan fingerprint density at radius 3 is 2.88 bits per heavy atom. The van der Waals surface area contributed by atoms with Crippen molar-refractivity contribution in [3.8, 4) is 0 Å². The average molecular weight is 260 g/mol. The minimum Gasteiger partial charge on any atom is -0.383 e. The molecule has 0 spiro atoms. The fourth-order valence-corrected chi connectivity index (χ4v) is 2.39. The Hall–Kier alpha value is -0.640. The van der Waals surface area contributed by atoms with Crippen molar-refractivity contribution in [3.05, 3.63) is 34.9 Å². The van der Waals surface area contributed by atoms with Crippen molar-refractivity contribution in [2.24, 2.45) is 0 Å². The normalized spacial score (nSPS) is 22.2. The molecule has 0 aliphatic carbocycles. The Balaban J connectivity index is 0.00000144. The molecule has 0 unspecified atom stereocenters. The molecule has 0 saturated carbocycles. The quantitative estimate of drug-likeness (QED) is 0.855. The minimum atomic E-state index is -1.36. The molecule has 0 saturated heterocycles. The molecule has 0 radical (unpaired) electrons. The van der Waals surface area contributed by atoms with Gasteiger partial charge in [-0.1, -0.05) is 18.2 Å². The number of hydrogen-bond acceptors (Lipinski definition) is 2. The molecule has 1 aliphatic heterocycles. The van der Waals surface area contributed by atoms with Crippen LogP contribution in [0.5, 0.6) is 0 Å². The second-order valence-corrected chi connectivity index (χ2v) is 4.71. The highest BCUT2D eigenvalue weighted by Crippen LogP contribution is 2.32. The van der Waals surface area contributed by atoms with Crippen LogP contribution >= 0.6 is 12.4 Å². The molecule has 2 rings (SSSR count). The highest BCUT2D eigenvalue weighted by molar-refractivity contribution is 5.85. The number of benzene rings is 1. The van der Waals surface area contributed by atoms with Gasteiger partial charge in [0.15, 0.2) is 0 Å². The zero-order valence-corrected chi connectivity index (χ0v) is 11.0. The molecule has 1 aliphatic rings. The van der Waals surface area contributed by atoms with Gasteiger partial charge >= 0.3 is 0 Å². The zero-order chi connectivity index (χ0) is 11.8. The average Bonchev–Trinajstić information content (AvgIpc) is 2.29. The van der Waals surface area contributed by atoms with Gasteiger partial charge in [-0.05, 0) is 43.5 Å². The van der Waals surface area contributed by atoms with Gasteiger partial charge in [0.05, 0.1) is 0 Å². The summed E-state index contributed by atoms with van der Waals surface area (Å²) in [6.07, 6.45) is 0.853. The lowest BCUT2D eigenvalue weighted by molar-refractivity contribution is 0.0289. The summed E-state index contributed by atoms with van der Waals surface area (Å²) in [6, 6.07) is 6.04. The van der Waals surface area contributed by atoms with E-state index < -0.39 is 12.3 Å². The lowest BCUT2D eigenvalue weighted by Crippen LogP contribution is -2.32. The van der Waals surface area contributed by atoms with Crippen molar-refractivity contribution in [2.45, 2.75) is 31.9 Å². The molecular weight excluding hydrogens is 241 g/mol. The molecule has 1 heterocycles. The Kier molecular flexibility index (Phi) is 4.53. The highest BCUT2D eigenvalue weighted by Gasteiger charge is 2.29. The number of halogens is 2. The Labute approximate surface area is 108 Å². The Morgan fingerprint density at radius 2 is 2.24 bits per heavy atom. The van der Waals surface area contributed by atoms with Gasteiger partial charge in [0.1, 0.15) is 12.3 Å². The van der Waals surface area contributed by atoms with Gasteiger partial charge in [-0.2, -0.15) is 0 Å². The van der Waals surface area contributed by atoms with Gasteiger partial charge < -0.3 is 10.4 Å². The number of nitrogens with one attached hydrogen (secondary N) is 1. The van der Waals surface area contributed by atoms with Crippen LogP contribution in [-0.4, -0.2) is 18.3 Å². The highest BCUT2D eigenvalue weighted by atomic mass is 35.5. The van der Waals surface area contributed by atoms with Crippen LogP contribution in [-0.2, 0) is 12.0 Å². The van der Waals surface area contributed by atoms with E-state index in [1.54, 1.807) is 0 Å². The SMILES string of the molecule is C[C@H]1NCCc2c1cccc2[C@](C)(O)CF.Cl. The molecule has 0 bridgehead atoms. The van der Waals surface area contributed by atoms with Crippen LogP contribution in [0.4, 0.5) is 4.39 Å². The van der Waals surface area contributed by atoms with E-state index in [0.717, 1.165) is 24.1 Å². The van der Waals surface area contributed by atoms with Crippen molar-refractivity contribution >= 4 is 12.4 Å². The summed E-state index contributed by atoms with van der Waals surface area (Å²) in [5.74, 6) is 0. The van der Waals surface area contributed by atoms with E-state index in [1.807, 2.05) is 18.2 Å². The molecule has 4 heteroatoms. The van der Waals surface area contributed by atoms with Crippen LogP contribution in [0.25, 0.3) is 0 Å². The maximum Gasteiger partial charge on any atom is 0.122 e. The van der Waals surface area contributed by atoms with Gasteiger partial charge in [-0.25, -0.2) is 4.39 Å². The molecule has 1 aromatic rings. The zero-order valence-electron chi connectivity index (χ0n) is 10.2. The first-order valence-corrected chi connectivity index (χ1v) is 5.70. The third-order valence-corrected chi connectivity index (χ3v) is 3.34. The lowest BCUT2D eigenvalue weighted by atomic mass is 9.84. The fourth-order valence-electron chi connectivity index (χ4n) is 2.39. The molecule has 2 nitrogen and oxygen atoms in total. The van der Waals surface area contributed by atoms with E-state index in [9.17, 15) is 9.50 Å². The third kappa shape index (κ3) is 2.62. The summed E-state index contributed by atoms with van der Waals surface area (Å²) < 4.78 is 12.9. The smallest absolute Gasteiger partial charge is 0.122 e. The number of aliphatic hydroxyl groups is 1. The Bertz CT molecular complexity index is 395. The summed E-state index contributed by atoms with van der Waals surface area (Å²) >= 11 is 0. The molecule has 1 aromatic carbocycles. The second-order valence-electron chi connectivity index (χ2n) is 4.71. The molecular formula is C13H19ClFNO. The first-order chi connectivity index (χ1) is 7.56. The van der Waals surface area contributed by atoms with Crippen molar-refractivity contribution < 1.29 is 9.50 Å². The van der Waals surface area contributed by atoms with E-state index in [0.29, 0.717) is 0 Å². The monoisotopic (exact) mass is 259 g/mol. The second kappa shape index (κ2) is 5.34. The van der Waals surface area contributed by atoms with Crippen LogP contribution in [0, 0.1) is 0 Å². The van der Waals surface area contributed by atoms with Crippen molar-refractivity contribution in [3.63, 3.8) is 0 Å². The van der Waals surface area contributed by atoms with Gasteiger partial charge in [0, 0.05) is 6.04 Å². The van der Waals surface area contributed by atoms with Gasteiger partial charge in [-0.15, -0.1) is 12.4 Å². The number of rotatable bonds is 2. The van der Waals surface area contributed by atoms with E-state index in [-0.39, 0.29) is 18.4 Å². The number of hydrogen-bond donors (Lipinski definition) is 2. The number of alkyl halides is 1. The molecule has 2 N–H and O–H groups in total. The molecule has 96 valence electrons. The van der Waals surface area contributed by atoms with Gasteiger partial charge in [-0.3, -0.25) is 0 Å². The van der Waals surface area contributed by atoms with E-state index in [2.05, 4.69) is 12.2 Å². The number of fused-ring (bicyclic) bond motifs is 1. The maximum atomic E-state index is 12.9. The van der Waals surface area contributed by atoms with Crippen LogP contribution < -0.4 is 5.32 Å². The topological polar surface area (TPSA) is 32.3 Å². The van der Waals surface area contributed by atoms with Gasteiger partial charge in [0.25, 0.3) is 0 Å². The summed E-state index contributed by atoms with van der Waals surface area (Å²) in [6.45, 7) is 3.76. The predicted octanol–water partition coefficient (Wildman–Crippen LogP) is 2.49. The summed E-state index contributed by atoms with van der Waals surface area (Å²) in [4.78, 5) is 0. The van der Waals surface area contributed by atoms with E-state index in [4.69, 9.17) is 0 Å². The fraction of sp³-hybridized carbons (Fsp3) is 0.538. The van der Waals surface area contributed by atoms with Crippen LogP contribution in [0.3, 0.4) is 0 Å². The summed E-state index contributed by atoms with van der Waals surface area (Å²) in [7, 11) is 0. The van der Waals surface area contributed by atoms with Crippen LogP contribution in [0.15, 0.2) is 18.2 Å². The standard InChI is InChI=1S/C13H18FNO.ClH/c1-9-10-4-3-5-12(13(2,16)8-14)11(10)6-7-15-9;/h3-5,9,15-16H,6-8H2,1-2H3;1H/t9-,13-;/m1./s1. The predicted molar refractivity (Wildman–Crippen MR) is 69.4 cm³/mol. The molecule has 2 atom stereocenters. The Morgan fingerprint density at radius 1 is 1.53 bits per heavy atom. The first kappa shape index (κ1) is 14.4. The van der Waals surface area contributed by atoms with Crippen molar-refractivity contribution in [1.82, 2.24) is 5.32 Å². The molecule has 17 heavy (non-hydrogen) atoms. The maximum absolute atomic E-state index is 12.9. The first-order valence-electron chi connectivity index (χ1n) is 5.70. The van der Waals surface area contributed by atoms with E-state index >= 15 is 0 Å². The largest absolute Gasteiger partial charge is 0.383 e. The minimum absolute atomic E-state index is 0. The van der Waals surface area contributed by atoms with Crippen LogP contribution in [0.2, 0.25) is 0 Å². The summed E-state index contributed by atoms with van der Waals surface area (Å²) in [5.41, 5.74) is 1.66. The third-order valence-electron chi connectivity index (χ3n) is 3.34. The van der Waals surface area contributed by atoms with Crippen molar-refractivity contribution in [1.29, 1.82) is 0 Å². The molecule has 0 aromatic heterocycles. The summed E-state index contributed by atoms with van der Waals surface area (Å²) in [5, 5.41) is 13.4. The van der Waals surface area contributed by atoms with E-state index in [1.165, 1.54) is 12.5 Å². The van der Waals surface area contributed by atoms with Gasteiger partial charge in [0.2, 0.25) is 0 Å². The van der Waals surface area contributed by atoms with Crippen molar-refractivity contribution in [2.75, 3.05) is 13.2 Å². The molecule has 0 fully saturated rings.